The number of rotatable bonds is 7. The van der Waals surface area contributed by atoms with E-state index in [0.29, 0.717) is 16.4 Å². The molecule has 1 N–H and O–H groups in total. The van der Waals surface area contributed by atoms with Gasteiger partial charge >= 0.3 is 0 Å². The fourth-order valence-corrected chi connectivity index (χ4v) is 4.23. The molecule has 3 amide bonds. The number of aromatic nitrogens is 1. The van der Waals surface area contributed by atoms with E-state index in [-0.39, 0.29) is 36.7 Å². The van der Waals surface area contributed by atoms with Crippen LogP contribution in [0.1, 0.15) is 41.7 Å². The Bertz CT molecular complexity index is 936. The maximum Gasteiger partial charge on any atom is 0.254 e. The van der Waals surface area contributed by atoms with Crippen molar-refractivity contribution in [1.29, 1.82) is 0 Å². The number of halogens is 1. The van der Waals surface area contributed by atoms with Crippen LogP contribution in [0.15, 0.2) is 29.6 Å². The molecule has 2 aliphatic rings. The number of amides is 3. The molecule has 0 unspecified atom stereocenters. The molecule has 7 nitrogen and oxygen atoms in total. The standard InChI is InChI=1S/C21H23FN4O3S/c22-15-5-3-14(4-6-15)20(29)26(17-7-8-17)12-18(27)24-21-23-16(13-30-21)11-19(28)25-9-1-2-10-25/h3-6,13,17H,1-2,7-12H2,(H,23,24,27). The van der Waals surface area contributed by atoms with Crippen molar-refractivity contribution in [3.8, 4) is 0 Å². The molecule has 2 aromatic rings. The van der Waals surface area contributed by atoms with Gasteiger partial charge in [0.2, 0.25) is 11.8 Å². The van der Waals surface area contributed by atoms with Gasteiger partial charge in [0.15, 0.2) is 5.13 Å². The van der Waals surface area contributed by atoms with Crippen LogP contribution in [0.2, 0.25) is 0 Å². The van der Waals surface area contributed by atoms with E-state index in [1.807, 2.05) is 4.90 Å². The van der Waals surface area contributed by atoms with Crippen LogP contribution in [0.5, 0.6) is 0 Å². The molecular weight excluding hydrogens is 407 g/mol. The Morgan fingerprint density at radius 1 is 1.17 bits per heavy atom. The van der Waals surface area contributed by atoms with Gasteiger partial charge in [-0.25, -0.2) is 9.37 Å². The summed E-state index contributed by atoms with van der Waals surface area (Å²) in [5, 5.41) is 4.90. The lowest BCUT2D eigenvalue weighted by atomic mass is 10.2. The molecule has 1 aromatic carbocycles. The minimum Gasteiger partial charge on any atom is -0.342 e. The van der Waals surface area contributed by atoms with Crippen LogP contribution >= 0.6 is 11.3 Å². The van der Waals surface area contributed by atoms with Gasteiger partial charge in [-0.3, -0.25) is 14.4 Å². The molecule has 1 aliphatic carbocycles. The highest BCUT2D eigenvalue weighted by Gasteiger charge is 2.34. The van der Waals surface area contributed by atoms with Crippen molar-refractivity contribution in [2.75, 3.05) is 25.0 Å². The average molecular weight is 431 g/mol. The first-order valence-corrected chi connectivity index (χ1v) is 11.0. The van der Waals surface area contributed by atoms with Crippen LogP contribution in [-0.4, -0.2) is 58.2 Å². The van der Waals surface area contributed by atoms with Crippen molar-refractivity contribution in [3.63, 3.8) is 0 Å². The molecule has 1 saturated carbocycles. The molecule has 9 heteroatoms. The predicted octanol–water partition coefficient (Wildman–Crippen LogP) is 2.69. The summed E-state index contributed by atoms with van der Waals surface area (Å²) in [6.45, 7) is 1.50. The minimum absolute atomic E-state index is 0.0261. The lowest BCUT2D eigenvalue weighted by Gasteiger charge is -2.21. The Balaban J connectivity index is 1.34. The molecule has 0 bridgehead atoms. The SMILES string of the molecule is O=C(CN(C(=O)c1ccc(F)cc1)C1CC1)Nc1nc(CC(=O)N2CCCC2)cs1. The maximum absolute atomic E-state index is 13.1. The van der Waals surface area contributed by atoms with Gasteiger partial charge in [0, 0.05) is 30.1 Å². The van der Waals surface area contributed by atoms with E-state index >= 15 is 0 Å². The quantitative estimate of drug-likeness (QED) is 0.732. The molecular formula is C21H23FN4O3S. The van der Waals surface area contributed by atoms with E-state index in [9.17, 15) is 18.8 Å². The van der Waals surface area contributed by atoms with Gasteiger partial charge in [-0.15, -0.1) is 11.3 Å². The maximum atomic E-state index is 13.1. The predicted molar refractivity (Wildman–Crippen MR) is 111 cm³/mol. The van der Waals surface area contributed by atoms with Gasteiger partial charge < -0.3 is 15.1 Å². The van der Waals surface area contributed by atoms with Crippen molar-refractivity contribution in [2.45, 2.75) is 38.1 Å². The number of benzene rings is 1. The molecule has 2 heterocycles. The van der Waals surface area contributed by atoms with Crippen LogP contribution in [0.25, 0.3) is 0 Å². The highest BCUT2D eigenvalue weighted by Crippen LogP contribution is 2.28. The van der Waals surface area contributed by atoms with E-state index in [1.165, 1.54) is 40.5 Å². The van der Waals surface area contributed by atoms with Crippen molar-refractivity contribution in [2.24, 2.45) is 0 Å². The second-order valence-corrected chi connectivity index (χ2v) is 8.49. The van der Waals surface area contributed by atoms with Gasteiger partial charge in [0.05, 0.1) is 12.1 Å². The summed E-state index contributed by atoms with van der Waals surface area (Å²) in [6.07, 6.45) is 4.00. The Hall–Kier alpha value is -2.81. The highest BCUT2D eigenvalue weighted by atomic mass is 32.1. The summed E-state index contributed by atoms with van der Waals surface area (Å²) in [4.78, 5) is 45.2. The summed E-state index contributed by atoms with van der Waals surface area (Å²) in [6, 6.07) is 5.35. The molecule has 30 heavy (non-hydrogen) atoms. The van der Waals surface area contributed by atoms with Crippen molar-refractivity contribution in [1.82, 2.24) is 14.8 Å². The van der Waals surface area contributed by atoms with Gasteiger partial charge in [-0.05, 0) is 49.9 Å². The van der Waals surface area contributed by atoms with Crippen molar-refractivity contribution < 1.29 is 18.8 Å². The largest absolute Gasteiger partial charge is 0.342 e. The number of carbonyl (C=O) groups is 3. The third kappa shape index (κ3) is 5.02. The van der Waals surface area contributed by atoms with Crippen LogP contribution < -0.4 is 5.32 Å². The molecule has 0 atom stereocenters. The normalized spacial score (nSPS) is 15.8. The summed E-state index contributed by atoms with van der Waals surface area (Å²) in [5.74, 6) is -0.988. The Morgan fingerprint density at radius 2 is 1.87 bits per heavy atom. The third-order valence-corrected chi connectivity index (χ3v) is 6.05. The molecule has 1 aliphatic heterocycles. The number of nitrogens with one attached hydrogen (secondary N) is 1. The zero-order valence-electron chi connectivity index (χ0n) is 16.5. The van der Waals surface area contributed by atoms with Crippen LogP contribution in [0, 0.1) is 5.82 Å². The first-order valence-electron chi connectivity index (χ1n) is 10.1. The molecule has 0 spiro atoms. The lowest BCUT2D eigenvalue weighted by molar-refractivity contribution is -0.129. The number of thiazole rings is 1. The van der Waals surface area contributed by atoms with E-state index in [1.54, 1.807) is 5.38 Å². The summed E-state index contributed by atoms with van der Waals surface area (Å²) in [7, 11) is 0. The first kappa shape index (κ1) is 20.5. The van der Waals surface area contributed by atoms with Crippen LogP contribution in [-0.2, 0) is 16.0 Å². The zero-order chi connectivity index (χ0) is 21.1. The molecule has 0 radical (unpaired) electrons. The number of hydrogen-bond acceptors (Lipinski definition) is 5. The number of carbonyl (C=O) groups excluding carboxylic acids is 3. The van der Waals surface area contributed by atoms with Gasteiger partial charge in [0.25, 0.3) is 5.91 Å². The fourth-order valence-electron chi connectivity index (χ4n) is 3.50. The Kier molecular flexibility index (Phi) is 6.08. The fraction of sp³-hybridized carbons (Fsp3) is 0.429. The molecule has 2 fully saturated rings. The van der Waals surface area contributed by atoms with Crippen LogP contribution in [0.3, 0.4) is 0 Å². The Morgan fingerprint density at radius 3 is 2.53 bits per heavy atom. The highest BCUT2D eigenvalue weighted by molar-refractivity contribution is 7.13. The topological polar surface area (TPSA) is 82.6 Å². The van der Waals surface area contributed by atoms with Crippen molar-refractivity contribution in [3.05, 3.63) is 46.7 Å². The number of nitrogens with zero attached hydrogens (tertiary/aromatic N) is 3. The van der Waals surface area contributed by atoms with E-state index in [2.05, 4.69) is 10.3 Å². The van der Waals surface area contributed by atoms with E-state index in [4.69, 9.17) is 0 Å². The van der Waals surface area contributed by atoms with E-state index < -0.39 is 5.82 Å². The number of anilines is 1. The molecule has 1 saturated heterocycles. The zero-order valence-corrected chi connectivity index (χ0v) is 17.3. The molecule has 4 rings (SSSR count). The van der Waals surface area contributed by atoms with Gasteiger partial charge in [0.1, 0.15) is 12.4 Å². The second kappa shape index (κ2) is 8.91. The summed E-state index contributed by atoms with van der Waals surface area (Å²) < 4.78 is 13.1. The third-order valence-electron chi connectivity index (χ3n) is 5.24. The summed E-state index contributed by atoms with van der Waals surface area (Å²) >= 11 is 1.26. The minimum atomic E-state index is -0.412. The smallest absolute Gasteiger partial charge is 0.254 e. The number of hydrogen-bond donors (Lipinski definition) is 1. The summed E-state index contributed by atoms with van der Waals surface area (Å²) in [5.41, 5.74) is 0.988. The first-order chi connectivity index (χ1) is 14.5. The lowest BCUT2D eigenvalue weighted by Crippen LogP contribution is -2.39. The monoisotopic (exact) mass is 430 g/mol. The second-order valence-electron chi connectivity index (χ2n) is 7.63. The van der Waals surface area contributed by atoms with Crippen LogP contribution in [0.4, 0.5) is 9.52 Å². The number of likely N-dealkylation sites (tertiary alicyclic amines) is 1. The van der Waals surface area contributed by atoms with Gasteiger partial charge in [-0.2, -0.15) is 0 Å². The van der Waals surface area contributed by atoms with E-state index in [0.717, 1.165) is 38.8 Å². The van der Waals surface area contributed by atoms with Crippen molar-refractivity contribution >= 4 is 34.2 Å². The van der Waals surface area contributed by atoms with Gasteiger partial charge in [-0.1, -0.05) is 0 Å². The molecule has 158 valence electrons. The Labute approximate surface area is 177 Å². The average Bonchev–Trinajstić information content (AvgIpc) is 3.22. The molecule has 1 aromatic heterocycles.